The Bertz CT molecular complexity index is 1130. The lowest BCUT2D eigenvalue weighted by molar-refractivity contribution is -0.384. The Labute approximate surface area is 183 Å². The van der Waals surface area contributed by atoms with E-state index in [4.69, 9.17) is 14.2 Å². The average Bonchev–Trinajstić information content (AvgIpc) is 2.83. The van der Waals surface area contributed by atoms with Crippen LogP contribution in [0.2, 0.25) is 0 Å². The second-order valence-electron chi connectivity index (χ2n) is 6.88. The van der Waals surface area contributed by atoms with Crippen molar-refractivity contribution in [3.63, 3.8) is 0 Å². The number of ether oxygens (including phenoxy) is 3. The van der Waals surface area contributed by atoms with Crippen molar-refractivity contribution in [3.8, 4) is 17.2 Å². The minimum Gasteiger partial charge on any atom is -0.489 e. The van der Waals surface area contributed by atoms with E-state index in [1.807, 2.05) is 6.07 Å². The summed E-state index contributed by atoms with van der Waals surface area (Å²) in [6.45, 7) is 0.396. The molecule has 0 saturated heterocycles. The lowest BCUT2D eigenvalue weighted by Crippen LogP contribution is -2.42. The van der Waals surface area contributed by atoms with Crippen LogP contribution in [0.1, 0.15) is 11.1 Å². The number of hydrogen-bond acceptors (Lipinski definition) is 7. The van der Waals surface area contributed by atoms with E-state index in [1.54, 1.807) is 54.6 Å². The Hall–Kier alpha value is -4.40. The Morgan fingerprint density at radius 1 is 1.09 bits per heavy atom. The molecule has 1 atom stereocenters. The summed E-state index contributed by atoms with van der Waals surface area (Å²) in [7, 11) is 0. The highest BCUT2D eigenvalue weighted by atomic mass is 16.6. The van der Waals surface area contributed by atoms with Gasteiger partial charge in [0.2, 0.25) is 6.10 Å². The number of benzene rings is 3. The second kappa shape index (κ2) is 9.61. The Balaban J connectivity index is 1.25. The summed E-state index contributed by atoms with van der Waals surface area (Å²) in [4.78, 5) is 22.5. The predicted molar refractivity (Wildman–Crippen MR) is 116 cm³/mol. The molecule has 0 aromatic heterocycles. The highest BCUT2D eigenvalue weighted by Crippen LogP contribution is 2.30. The normalized spacial score (nSPS) is 14.7. The summed E-state index contributed by atoms with van der Waals surface area (Å²) < 4.78 is 16.8. The molecule has 1 heterocycles. The first kappa shape index (κ1) is 20.9. The van der Waals surface area contributed by atoms with Gasteiger partial charge in [0.25, 0.3) is 11.6 Å². The first-order valence-electron chi connectivity index (χ1n) is 9.76. The van der Waals surface area contributed by atoms with Gasteiger partial charge in [-0.25, -0.2) is 5.43 Å². The van der Waals surface area contributed by atoms with Gasteiger partial charge in [0.15, 0.2) is 11.5 Å². The van der Waals surface area contributed by atoms with Crippen LogP contribution < -0.4 is 19.6 Å². The highest BCUT2D eigenvalue weighted by molar-refractivity contribution is 5.85. The second-order valence-corrected chi connectivity index (χ2v) is 6.88. The van der Waals surface area contributed by atoms with Crippen LogP contribution in [0.15, 0.2) is 77.9 Å². The van der Waals surface area contributed by atoms with E-state index < -0.39 is 16.9 Å². The van der Waals surface area contributed by atoms with Crippen molar-refractivity contribution in [2.75, 3.05) is 6.61 Å². The Morgan fingerprint density at radius 2 is 1.81 bits per heavy atom. The minimum atomic E-state index is -0.780. The van der Waals surface area contributed by atoms with Crippen molar-refractivity contribution in [2.45, 2.75) is 12.7 Å². The van der Waals surface area contributed by atoms with Gasteiger partial charge in [-0.1, -0.05) is 12.1 Å². The molecule has 4 rings (SSSR count). The number of hydrazone groups is 1. The van der Waals surface area contributed by atoms with Crippen LogP contribution in [0.4, 0.5) is 5.69 Å². The van der Waals surface area contributed by atoms with Gasteiger partial charge >= 0.3 is 0 Å². The van der Waals surface area contributed by atoms with Crippen molar-refractivity contribution < 1.29 is 23.9 Å². The maximum absolute atomic E-state index is 12.2. The van der Waals surface area contributed by atoms with E-state index in [0.717, 1.165) is 11.1 Å². The van der Waals surface area contributed by atoms with Gasteiger partial charge in [0, 0.05) is 12.1 Å². The van der Waals surface area contributed by atoms with Gasteiger partial charge in [0.05, 0.1) is 11.1 Å². The van der Waals surface area contributed by atoms with Crippen LogP contribution in [0.3, 0.4) is 0 Å². The fourth-order valence-electron chi connectivity index (χ4n) is 2.92. The molecule has 0 radical (unpaired) electrons. The average molecular weight is 433 g/mol. The minimum absolute atomic E-state index is 0.0388. The Kier molecular flexibility index (Phi) is 6.26. The van der Waals surface area contributed by atoms with Gasteiger partial charge < -0.3 is 14.2 Å². The number of hydrogen-bond donors (Lipinski definition) is 1. The number of carbonyl (C=O) groups excluding carboxylic acids is 1. The fourth-order valence-corrected chi connectivity index (χ4v) is 2.92. The van der Waals surface area contributed by atoms with Gasteiger partial charge in [-0.2, -0.15) is 5.10 Å². The molecular weight excluding hydrogens is 414 g/mol. The molecule has 0 unspecified atom stereocenters. The van der Waals surface area contributed by atoms with Crippen molar-refractivity contribution in [2.24, 2.45) is 5.10 Å². The van der Waals surface area contributed by atoms with Crippen LogP contribution in [-0.2, 0) is 11.4 Å². The highest BCUT2D eigenvalue weighted by Gasteiger charge is 2.26. The predicted octanol–water partition coefficient (Wildman–Crippen LogP) is 3.46. The van der Waals surface area contributed by atoms with Crippen LogP contribution >= 0.6 is 0 Å². The number of nitrogens with zero attached hydrogens (tertiary/aromatic N) is 2. The molecule has 3 aromatic carbocycles. The summed E-state index contributed by atoms with van der Waals surface area (Å²) in [6.07, 6.45) is 0.729. The zero-order valence-electron chi connectivity index (χ0n) is 16.8. The van der Waals surface area contributed by atoms with Crippen molar-refractivity contribution in [3.05, 3.63) is 94.0 Å². The van der Waals surface area contributed by atoms with E-state index in [-0.39, 0.29) is 18.9 Å². The van der Waals surface area contributed by atoms with Crippen LogP contribution in [0.25, 0.3) is 0 Å². The maximum Gasteiger partial charge on any atom is 0.284 e. The van der Waals surface area contributed by atoms with E-state index in [0.29, 0.717) is 17.2 Å². The third kappa shape index (κ3) is 5.20. The lowest BCUT2D eigenvalue weighted by Gasteiger charge is -2.24. The molecule has 0 aliphatic carbocycles. The lowest BCUT2D eigenvalue weighted by atomic mass is 10.2. The molecule has 0 fully saturated rings. The van der Waals surface area contributed by atoms with Gasteiger partial charge in [-0.3, -0.25) is 14.9 Å². The van der Waals surface area contributed by atoms with Crippen molar-refractivity contribution in [1.82, 2.24) is 5.43 Å². The molecule has 162 valence electrons. The zero-order chi connectivity index (χ0) is 22.3. The first-order chi connectivity index (χ1) is 15.6. The molecule has 1 aliphatic heterocycles. The summed E-state index contributed by atoms with van der Waals surface area (Å²) in [5.41, 5.74) is 4.07. The molecule has 0 spiro atoms. The molecule has 0 saturated carbocycles. The van der Waals surface area contributed by atoms with Crippen LogP contribution in [0, 0.1) is 10.1 Å². The number of para-hydroxylation sites is 2. The third-order valence-corrected chi connectivity index (χ3v) is 4.62. The zero-order valence-corrected chi connectivity index (χ0v) is 16.8. The monoisotopic (exact) mass is 433 g/mol. The number of amides is 1. The SMILES string of the molecule is O=C(N/N=C\c1ccc(OCc2ccc([N+](=O)[O-])cc2)cc1)[C@@H]1COc2ccccc2O1. The van der Waals surface area contributed by atoms with E-state index >= 15 is 0 Å². The van der Waals surface area contributed by atoms with Crippen molar-refractivity contribution >= 4 is 17.8 Å². The standard InChI is InChI=1S/C23H19N3O6/c27-23(22-15-31-20-3-1-2-4-21(20)32-22)25-24-13-16-7-11-19(12-8-16)30-14-17-5-9-18(10-6-17)26(28)29/h1-13,22H,14-15H2,(H,25,27)/b24-13-/t22-/m0/s1. The number of non-ortho nitro benzene ring substituents is 1. The number of carbonyl (C=O) groups is 1. The van der Waals surface area contributed by atoms with Gasteiger partial charge in [-0.15, -0.1) is 0 Å². The quantitative estimate of drug-likeness (QED) is 0.347. The van der Waals surface area contributed by atoms with Gasteiger partial charge in [-0.05, 0) is 59.7 Å². The molecular formula is C23H19N3O6. The maximum atomic E-state index is 12.2. The Morgan fingerprint density at radius 3 is 2.53 bits per heavy atom. The van der Waals surface area contributed by atoms with E-state index in [2.05, 4.69) is 10.5 Å². The molecule has 1 aliphatic rings. The third-order valence-electron chi connectivity index (χ3n) is 4.62. The number of nitro groups is 1. The topological polar surface area (TPSA) is 112 Å². The molecule has 32 heavy (non-hydrogen) atoms. The van der Waals surface area contributed by atoms with Crippen molar-refractivity contribution in [1.29, 1.82) is 0 Å². The molecule has 0 bridgehead atoms. The largest absolute Gasteiger partial charge is 0.489 e. The van der Waals surface area contributed by atoms with Gasteiger partial charge in [0.1, 0.15) is 19.0 Å². The summed E-state index contributed by atoms with van der Waals surface area (Å²) in [6, 6.07) is 20.5. The van der Waals surface area contributed by atoms with Crippen LogP contribution in [0.5, 0.6) is 17.2 Å². The molecule has 3 aromatic rings. The number of fused-ring (bicyclic) bond motifs is 1. The van der Waals surface area contributed by atoms with E-state index in [9.17, 15) is 14.9 Å². The fraction of sp³-hybridized carbons (Fsp3) is 0.130. The number of nitrogens with one attached hydrogen (secondary N) is 1. The molecule has 9 heteroatoms. The van der Waals surface area contributed by atoms with Crippen LogP contribution in [-0.4, -0.2) is 29.8 Å². The smallest absolute Gasteiger partial charge is 0.284 e. The molecule has 1 amide bonds. The summed E-state index contributed by atoms with van der Waals surface area (Å²) in [5.74, 6) is 1.36. The van der Waals surface area contributed by atoms with E-state index in [1.165, 1.54) is 18.3 Å². The molecule has 9 nitrogen and oxygen atoms in total. The number of rotatable bonds is 7. The molecule has 1 N–H and O–H groups in total. The summed E-state index contributed by atoms with van der Waals surface area (Å²) >= 11 is 0. The first-order valence-corrected chi connectivity index (χ1v) is 9.76. The summed E-state index contributed by atoms with van der Waals surface area (Å²) in [5, 5.41) is 14.7. The number of nitro benzene ring substituents is 1.